The van der Waals surface area contributed by atoms with Crippen molar-refractivity contribution in [1.82, 2.24) is 0 Å². The Morgan fingerprint density at radius 2 is 2.10 bits per heavy atom. The summed E-state index contributed by atoms with van der Waals surface area (Å²) in [5, 5.41) is 8.87. The van der Waals surface area contributed by atoms with Crippen LogP contribution in [0.25, 0.3) is 0 Å². The van der Waals surface area contributed by atoms with Crippen molar-refractivity contribution in [2.45, 2.75) is 45.1 Å². The lowest BCUT2D eigenvalue weighted by atomic mass is 10.1. The molecule has 58 valence electrons. The van der Waals surface area contributed by atoms with Crippen LogP contribution in [-0.4, -0.2) is 11.2 Å². The molecule has 0 heterocycles. The third kappa shape index (κ3) is 7.52. The zero-order valence-corrected chi connectivity index (χ0v) is 6.64. The highest BCUT2D eigenvalue weighted by molar-refractivity contribution is 4.82. The van der Waals surface area contributed by atoms with Gasteiger partial charge in [-0.3, -0.25) is 0 Å². The van der Waals surface area contributed by atoms with Crippen molar-refractivity contribution in [3.63, 3.8) is 0 Å². The molecule has 0 aliphatic carbocycles. The molecule has 0 aromatic carbocycles. The van der Waals surface area contributed by atoms with Gasteiger partial charge in [0.25, 0.3) is 0 Å². The Kier molecular flexibility index (Phi) is 6.32. The molecule has 1 nitrogen and oxygen atoms in total. The van der Waals surface area contributed by atoms with Crippen LogP contribution in [0.15, 0.2) is 0 Å². The van der Waals surface area contributed by atoms with Gasteiger partial charge >= 0.3 is 0 Å². The highest BCUT2D eigenvalue weighted by Gasteiger charge is 1.93. The van der Waals surface area contributed by atoms with Crippen LogP contribution in [0, 0.1) is 12.3 Å². The molecule has 0 radical (unpaired) electrons. The van der Waals surface area contributed by atoms with Gasteiger partial charge in [0.05, 0.1) is 6.10 Å². The molecule has 0 amide bonds. The number of unbranched alkanes of at least 4 members (excludes halogenated alkanes) is 3. The molecule has 0 aromatic heterocycles. The van der Waals surface area contributed by atoms with Crippen molar-refractivity contribution in [3.8, 4) is 12.3 Å². The van der Waals surface area contributed by atoms with Gasteiger partial charge in [-0.2, -0.15) is 0 Å². The maximum atomic E-state index is 8.87. The predicted molar refractivity (Wildman–Crippen MR) is 43.6 cm³/mol. The summed E-state index contributed by atoms with van der Waals surface area (Å²) in [6.45, 7) is 1.82. The van der Waals surface area contributed by atoms with Crippen LogP contribution >= 0.6 is 0 Å². The number of rotatable bonds is 5. The molecule has 0 unspecified atom stereocenters. The topological polar surface area (TPSA) is 20.2 Å². The normalized spacial score (nSPS) is 12.5. The van der Waals surface area contributed by atoms with E-state index in [4.69, 9.17) is 11.5 Å². The van der Waals surface area contributed by atoms with Crippen molar-refractivity contribution >= 4 is 0 Å². The largest absolute Gasteiger partial charge is 0.393 e. The standard InChI is InChI=1S/C9H16O/c1-3-4-5-6-7-8-9(2)10/h1,9-10H,4-8H2,2H3/t9-/m1/s1. The Hall–Kier alpha value is -0.480. The van der Waals surface area contributed by atoms with E-state index in [9.17, 15) is 0 Å². The fourth-order valence-corrected chi connectivity index (χ4v) is 0.844. The second kappa shape index (κ2) is 6.64. The van der Waals surface area contributed by atoms with Crippen molar-refractivity contribution < 1.29 is 5.11 Å². The van der Waals surface area contributed by atoms with Gasteiger partial charge in [0, 0.05) is 6.42 Å². The molecular weight excluding hydrogens is 124 g/mol. The van der Waals surface area contributed by atoms with E-state index in [1.54, 1.807) is 0 Å². The monoisotopic (exact) mass is 140 g/mol. The SMILES string of the molecule is C#CCCCCC[C@@H](C)O. The average Bonchev–Trinajstić information content (AvgIpc) is 1.87. The average molecular weight is 140 g/mol. The molecule has 0 fully saturated rings. The molecule has 0 spiro atoms. The molecule has 0 saturated heterocycles. The lowest BCUT2D eigenvalue weighted by Gasteiger charge is -2.01. The highest BCUT2D eigenvalue weighted by Crippen LogP contribution is 2.04. The highest BCUT2D eigenvalue weighted by atomic mass is 16.3. The zero-order valence-electron chi connectivity index (χ0n) is 6.64. The molecule has 0 rings (SSSR count). The van der Waals surface area contributed by atoms with Crippen LogP contribution in [0.5, 0.6) is 0 Å². The van der Waals surface area contributed by atoms with Crippen LogP contribution in [0.3, 0.4) is 0 Å². The molecule has 0 aliphatic heterocycles. The third-order valence-corrected chi connectivity index (χ3v) is 1.44. The van der Waals surface area contributed by atoms with Gasteiger partial charge in [0.1, 0.15) is 0 Å². The minimum atomic E-state index is -0.147. The Morgan fingerprint density at radius 1 is 1.40 bits per heavy atom. The molecule has 0 bridgehead atoms. The first-order valence-electron chi connectivity index (χ1n) is 3.89. The quantitative estimate of drug-likeness (QED) is 0.457. The van der Waals surface area contributed by atoms with Gasteiger partial charge in [0.2, 0.25) is 0 Å². The summed E-state index contributed by atoms with van der Waals surface area (Å²) in [4.78, 5) is 0. The molecule has 1 heteroatoms. The van der Waals surface area contributed by atoms with E-state index >= 15 is 0 Å². The van der Waals surface area contributed by atoms with E-state index in [0.29, 0.717) is 0 Å². The van der Waals surface area contributed by atoms with Crippen molar-refractivity contribution in [1.29, 1.82) is 0 Å². The van der Waals surface area contributed by atoms with E-state index in [-0.39, 0.29) is 6.10 Å². The zero-order chi connectivity index (χ0) is 7.82. The summed E-state index contributed by atoms with van der Waals surface area (Å²) in [7, 11) is 0. The molecular formula is C9H16O. The summed E-state index contributed by atoms with van der Waals surface area (Å²) < 4.78 is 0. The Morgan fingerprint density at radius 3 is 2.60 bits per heavy atom. The molecule has 0 aliphatic rings. The number of hydrogen-bond acceptors (Lipinski definition) is 1. The number of hydrogen-bond donors (Lipinski definition) is 1. The Balaban J connectivity index is 2.86. The fraction of sp³-hybridized carbons (Fsp3) is 0.778. The fourth-order valence-electron chi connectivity index (χ4n) is 0.844. The van der Waals surface area contributed by atoms with Gasteiger partial charge in [-0.05, 0) is 19.8 Å². The van der Waals surface area contributed by atoms with Crippen LogP contribution in [0.2, 0.25) is 0 Å². The van der Waals surface area contributed by atoms with E-state index in [2.05, 4.69) is 5.92 Å². The summed E-state index contributed by atoms with van der Waals surface area (Å²) >= 11 is 0. The molecule has 0 aromatic rings. The smallest absolute Gasteiger partial charge is 0.0512 e. The van der Waals surface area contributed by atoms with Crippen LogP contribution in [-0.2, 0) is 0 Å². The number of aliphatic hydroxyl groups excluding tert-OH is 1. The van der Waals surface area contributed by atoms with E-state index in [1.165, 1.54) is 0 Å². The maximum absolute atomic E-state index is 8.87. The summed E-state index contributed by atoms with van der Waals surface area (Å²) in [5.74, 6) is 2.59. The number of terminal acetylenes is 1. The first kappa shape index (κ1) is 9.52. The van der Waals surface area contributed by atoms with Gasteiger partial charge in [-0.15, -0.1) is 12.3 Å². The maximum Gasteiger partial charge on any atom is 0.0512 e. The van der Waals surface area contributed by atoms with E-state index in [1.807, 2.05) is 6.92 Å². The first-order chi connectivity index (χ1) is 4.77. The van der Waals surface area contributed by atoms with Gasteiger partial charge in [-0.1, -0.05) is 12.8 Å². The van der Waals surface area contributed by atoms with Gasteiger partial charge in [0.15, 0.2) is 0 Å². The first-order valence-corrected chi connectivity index (χ1v) is 3.89. The Labute approximate surface area is 63.5 Å². The summed E-state index contributed by atoms with van der Waals surface area (Å²) in [5.41, 5.74) is 0. The minimum absolute atomic E-state index is 0.147. The van der Waals surface area contributed by atoms with Crippen molar-refractivity contribution in [2.24, 2.45) is 0 Å². The van der Waals surface area contributed by atoms with E-state index < -0.39 is 0 Å². The van der Waals surface area contributed by atoms with Crippen LogP contribution in [0.4, 0.5) is 0 Å². The van der Waals surface area contributed by atoms with Gasteiger partial charge < -0.3 is 5.11 Å². The Bertz CT molecular complexity index is 99.8. The minimum Gasteiger partial charge on any atom is -0.393 e. The van der Waals surface area contributed by atoms with Crippen molar-refractivity contribution in [2.75, 3.05) is 0 Å². The lowest BCUT2D eigenvalue weighted by Crippen LogP contribution is -1.97. The number of aliphatic hydroxyl groups is 1. The predicted octanol–water partition coefficient (Wildman–Crippen LogP) is 1.95. The molecule has 1 atom stereocenters. The van der Waals surface area contributed by atoms with Crippen LogP contribution < -0.4 is 0 Å². The second-order valence-electron chi connectivity index (χ2n) is 2.65. The third-order valence-electron chi connectivity index (χ3n) is 1.44. The summed E-state index contributed by atoms with van der Waals surface area (Å²) in [6.07, 6.45) is 10.1. The van der Waals surface area contributed by atoms with E-state index in [0.717, 1.165) is 32.1 Å². The van der Waals surface area contributed by atoms with Gasteiger partial charge in [-0.25, -0.2) is 0 Å². The molecule has 0 saturated carbocycles. The summed E-state index contributed by atoms with van der Waals surface area (Å²) in [6, 6.07) is 0. The lowest BCUT2D eigenvalue weighted by molar-refractivity contribution is 0.180. The van der Waals surface area contributed by atoms with Crippen molar-refractivity contribution in [3.05, 3.63) is 0 Å². The second-order valence-corrected chi connectivity index (χ2v) is 2.65. The molecule has 1 N–H and O–H groups in total. The molecule has 10 heavy (non-hydrogen) atoms. The van der Waals surface area contributed by atoms with Crippen LogP contribution in [0.1, 0.15) is 39.0 Å².